The summed E-state index contributed by atoms with van der Waals surface area (Å²) in [4.78, 5) is 0.220. The summed E-state index contributed by atoms with van der Waals surface area (Å²) in [6.07, 6.45) is 2.79. The molecule has 1 aliphatic carbocycles. The Morgan fingerprint density at radius 1 is 1.42 bits per heavy atom. The molecular weight excluding hydrogens is 307 g/mol. The van der Waals surface area contributed by atoms with Gasteiger partial charge in [-0.3, -0.25) is 0 Å². The molecule has 1 aromatic rings. The lowest BCUT2D eigenvalue weighted by molar-refractivity contribution is 0.251. The maximum atomic E-state index is 12.2. The molecule has 0 bridgehead atoms. The van der Waals surface area contributed by atoms with Crippen LogP contribution in [0.5, 0.6) is 0 Å². The van der Waals surface area contributed by atoms with Crippen LogP contribution in [-0.4, -0.2) is 20.5 Å². The average molecular weight is 325 g/mol. The molecule has 0 heterocycles. The molecule has 4 nitrogen and oxygen atoms in total. The van der Waals surface area contributed by atoms with Gasteiger partial charge in [0.2, 0.25) is 10.0 Å². The first kappa shape index (κ1) is 16.7. The normalized spacial score (nSPS) is 17.4. The van der Waals surface area contributed by atoms with E-state index in [1.807, 2.05) is 0 Å². The van der Waals surface area contributed by atoms with E-state index >= 15 is 0 Å². The molecule has 0 aliphatic heterocycles. The summed E-state index contributed by atoms with van der Waals surface area (Å²) in [5.74, 6) is 0. The van der Waals surface area contributed by atoms with Crippen molar-refractivity contribution in [2.45, 2.75) is 36.6 Å². The van der Waals surface area contributed by atoms with Crippen molar-refractivity contribution in [2.75, 3.05) is 6.54 Å². The summed E-state index contributed by atoms with van der Waals surface area (Å²) in [5.41, 5.74) is 6.19. The number of sulfonamides is 1. The van der Waals surface area contributed by atoms with Gasteiger partial charge in [-0.2, -0.15) is 0 Å². The van der Waals surface area contributed by atoms with E-state index in [0.29, 0.717) is 10.6 Å². The van der Waals surface area contributed by atoms with Crippen LogP contribution >= 0.6 is 24.0 Å². The Hall–Kier alpha value is -0.330. The summed E-state index contributed by atoms with van der Waals surface area (Å²) in [5, 5.41) is 0.448. The standard InChI is InChI=1S/C12H17ClN2O2S.ClH/c1-9-10(13)4-2-5-11(9)18(16,17)15-8-12(14)6-3-7-12;/h2,4-5,15H,3,6-8,14H2,1H3;1H. The van der Waals surface area contributed by atoms with E-state index < -0.39 is 10.0 Å². The van der Waals surface area contributed by atoms with Crippen LogP contribution in [0.2, 0.25) is 5.02 Å². The van der Waals surface area contributed by atoms with E-state index in [0.717, 1.165) is 19.3 Å². The number of hydrogen-bond donors (Lipinski definition) is 2. The van der Waals surface area contributed by atoms with Crippen molar-refractivity contribution < 1.29 is 8.42 Å². The molecule has 108 valence electrons. The van der Waals surface area contributed by atoms with Crippen molar-refractivity contribution in [3.63, 3.8) is 0 Å². The van der Waals surface area contributed by atoms with Crippen LogP contribution in [0.3, 0.4) is 0 Å². The van der Waals surface area contributed by atoms with Crippen LogP contribution in [0.25, 0.3) is 0 Å². The molecule has 0 amide bonds. The van der Waals surface area contributed by atoms with Gasteiger partial charge in [-0.15, -0.1) is 12.4 Å². The summed E-state index contributed by atoms with van der Waals surface area (Å²) in [7, 11) is -3.54. The van der Waals surface area contributed by atoms with Crippen LogP contribution in [0, 0.1) is 6.92 Å². The van der Waals surface area contributed by atoms with Crippen molar-refractivity contribution >= 4 is 34.0 Å². The smallest absolute Gasteiger partial charge is 0.240 e. The minimum Gasteiger partial charge on any atom is -0.324 e. The topological polar surface area (TPSA) is 72.2 Å². The molecule has 0 atom stereocenters. The fourth-order valence-corrected chi connectivity index (χ4v) is 3.64. The highest BCUT2D eigenvalue weighted by molar-refractivity contribution is 7.89. The first-order chi connectivity index (χ1) is 8.34. The molecule has 1 fully saturated rings. The first-order valence-electron chi connectivity index (χ1n) is 5.88. The summed E-state index contributed by atoms with van der Waals surface area (Å²) in [6.45, 7) is 1.97. The van der Waals surface area contributed by atoms with Crippen LogP contribution in [0.4, 0.5) is 0 Å². The number of halogens is 2. The lowest BCUT2D eigenvalue weighted by Gasteiger charge is -2.38. The van der Waals surface area contributed by atoms with E-state index in [2.05, 4.69) is 4.72 Å². The summed E-state index contributed by atoms with van der Waals surface area (Å²) in [6, 6.07) is 4.85. The fraction of sp³-hybridized carbons (Fsp3) is 0.500. The minimum atomic E-state index is -3.54. The lowest BCUT2D eigenvalue weighted by atomic mass is 9.78. The Morgan fingerprint density at radius 2 is 2.05 bits per heavy atom. The van der Waals surface area contributed by atoms with Crippen LogP contribution in [0.15, 0.2) is 23.1 Å². The molecule has 3 N–H and O–H groups in total. The predicted molar refractivity (Wildman–Crippen MR) is 79.4 cm³/mol. The number of nitrogens with two attached hydrogens (primary N) is 1. The zero-order valence-corrected chi connectivity index (χ0v) is 13.0. The van der Waals surface area contributed by atoms with Crippen LogP contribution in [-0.2, 0) is 10.0 Å². The third kappa shape index (κ3) is 3.61. The Morgan fingerprint density at radius 3 is 2.58 bits per heavy atom. The van der Waals surface area contributed by atoms with E-state index in [4.69, 9.17) is 17.3 Å². The molecule has 0 aromatic heterocycles. The average Bonchev–Trinajstić information content (AvgIpc) is 2.27. The molecular formula is C12H18Cl2N2O2S. The number of benzene rings is 1. The highest BCUT2D eigenvalue weighted by atomic mass is 35.5. The second kappa shape index (κ2) is 5.97. The van der Waals surface area contributed by atoms with Crippen molar-refractivity contribution in [1.82, 2.24) is 4.72 Å². The van der Waals surface area contributed by atoms with E-state index in [9.17, 15) is 8.42 Å². The minimum absolute atomic E-state index is 0. The van der Waals surface area contributed by atoms with Gasteiger partial charge in [-0.1, -0.05) is 17.7 Å². The van der Waals surface area contributed by atoms with Gasteiger partial charge in [-0.25, -0.2) is 13.1 Å². The maximum absolute atomic E-state index is 12.2. The van der Waals surface area contributed by atoms with E-state index in [1.54, 1.807) is 25.1 Å². The van der Waals surface area contributed by atoms with Crippen molar-refractivity contribution in [3.8, 4) is 0 Å². The molecule has 0 spiro atoms. The molecule has 19 heavy (non-hydrogen) atoms. The van der Waals surface area contributed by atoms with Gasteiger partial charge < -0.3 is 5.73 Å². The van der Waals surface area contributed by atoms with Crippen molar-refractivity contribution in [3.05, 3.63) is 28.8 Å². The Bertz CT molecular complexity index is 557. The largest absolute Gasteiger partial charge is 0.324 e. The van der Waals surface area contributed by atoms with E-state index in [1.165, 1.54) is 0 Å². The van der Waals surface area contributed by atoms with Crippen molar-refractivity contribution in [1.29, 1.82) is 0 Å². The second-order valence-electron chi connectivity index (χ2n) is 4.90. The molecule has 0 radical (unpaired) electrons. The maximum Gasteiger partial charge on any atom is 0.240 e. The Labute approximate surface area is 125 Å². The van der Waals surface area contributed by atoms with Crippen LogP contribution in [0.1, 0.15) is 24.8 Å². The van der Waals surface area contributed by atoms with Crippen LogP contribution < -0.4 is 10.5 Å². The third-order valence-corrected chi connectivity index (χ3v) is 5.43. The van der Waals surface area contributed by atoms with Gasteiger partial charge in [0.25, 0.3) is 0 Å². The SMILES string of the molecule is Cc1c(Cl)cccc1S(=O)(=O)NCC1(N)CCC1.Cl. The molecule has 1 aliphatic rings. The zero-order valence-electron chi connectivity index (χ0n) is 10.6. The van der Waals surface area contributed by atoms with Gasteiger partial charge in [-0.05, 0) is 43.9 Å². The van der Waals surface area contributed by atoms with Gasteiger partial charge in [0.05, 0.1) is 4.90 Å². The quantitative estimate of drug-likeness (QED) is 0.892. The number of hydrogen-bond acceptors (Lipinski definition) is 3. The second-order valence-corrected chi connectivity index (χ2v) is 7.05. The summed E-state index contributed by atoms with van der Waals surface area (Å²) >= 11 is 5.93. The zero-order chi connectivity index (χ0) is 13.4. The third-order valence-electron chi connectivity index (χ3n) is 3.47. The van der Waals surface area contributed by atoms with Gasteiger partial charge in [0, 0.05) is 17.1 Å². The number of nitrogens with one attached hydrogen (secondary N) is 1. The van der Waals surface area contributed by atoms with Gasteiger partial charge >= 0.3 is 0 Å². The fourth-order valence-electron chi connectivity index (χ4n) is 2.00. The van der Waals surface area contributed by atoms with Crippen molar-refractivity contribution in [2.24, 2.45) is 5.73 Å². The highest BCUT2D eigenvalue weighted by Crippen LogP contribution is 2.29. The molecule has 0 saturated heterocycles. The number of rotatable bonds is 4. The lowest BCUT2D eigenvalue weighted by Crippen LogP contribution is -2.54. The molecule has 1 aromatic carbocycles. The molecule has 7 heteroatoms. The molecule has 2 rings (SSSR count). The predicted octanol–water partition coefficient (Wildman–Crippen LogP) is 2.23. The Balaban J connectivity index is 0.00000180. The van der Waals surface area contributed by atoms with Gasteiger partial charge in [0.1, 0.15) is 0 Å². The highest BCUT2D eigenvalue weighted by Gasteiger charge is 2.34. The summed E-state index contributed by atoms with van der Waals surface area (Å²) < 4.78 is 26.9. The molecule has 1 saturated carbocycles. The Kier molecular flexibility index (Phi) is 5.26. The van der Waals surface area contributed by atoms with Gasteiger partial charge in [0.15, 0.2) is 0 Å². The monoisotopic (exact) mass is 324 g/mol. The molecule has 0 unspecified atom stereocenters. The first-order valence-corrected chi connectivity index (χ1v) is 7.74. The van der Waals surface area contributed by atoms with E-state index in [-0.39, 0.29) is 29.4 Å².